The van der Waals surface area contributed by atoms with Crippen molar-refractivity contribution in [3.8, 4) is 0 Å². The molecule has 6 heteroatoms. The summed E-state index contributed by atoms with van der Waals surface area (Å²) in [7, 11) is 0. The van der Waals surface area contributed by atoms with Crippen molar-refractivity contribution in [3.63, 3.8) is 0 Å². The van der Waals surface area contributed by atoms with Gasteiger partial charge in [0.2, 0.25) is 5.91 Å². The van der Waals surface area contributed by atoms with E-state index in [1.54, 1.807) is 0 Å². The number of hydrogen-bond donors (Lipinski definition) is 3. The van der Waals surface area contributed by atoms with Crippen LogP contribution in [0.3, 0.4) is 0 Å². The molecule has 1 aromatic carbocycles. The van der Waals surface area contributed by atoms with Gasteiger partial charge in [-0.15, -0.1) is 0 Å². The molecule has 0 saturated carbocycles. The number of carbonyl (C=O) groups is 2. The molecule has 19 heavy (non-hydrogen) atoms. The Morgan fingerprint density at radius 3 is 2.95 bits per heavy atom. The van der Waals surface area contributed by atoms with Gasteiger partial charge in [0.05, 0.1) is 0 Å². The summed E-state index contributed by atoms with van der Waals surface area (Å²) in [4.78, 5) is 25.0. The highest BCUT2D eigenvalue weighted by Gasteiger charge is 2.30. The number of primary amides is 1. The van der Waals surface area contributed by atoms with Crippen LogP contribution in [0.1, 0.15) is 5.56 Å². The monoisotopic (exact) mass is 262 g/mol. The first-order valence-corrected chi connectivity index (χ1v) is 6.22. The fourth-order valence-electron chi connectivity index (χ4n) is 2.12. The first-order chi connectivity index (χ1) is 9.08. The van der Waals surface area contributed by atoms with Crippen LogP contribution in [0, 0.1) is 6.92 Å². The molecular weight excluding hydrogens is 244 g/mol. The molecule has 102 valence electrons. The lowest BCUT2D eigenvalue weighted by atomic mass is 10.2. The second-order valence-electron chi connectivity index (χ2n) is 4.62. The number of piperazine rings is 1. The van der Waals surface area contributed by atoms with Gasteiger partial charge in [-0.2, -0.15) is 0 Å². The topological polar surface area (TPSA) is 87.5 Å². The molecule has 0 aromatic heterocycles. The van der Waals surface area contributed by atoms with Crippen molar-refractivity contribution in [1.29, 1.82) is 0 Å². The highest BCUT2D eigenvalue weighted by atomic mass is 16.2. The molecule has 3 amide bonds. The molecule has 1 aliphatic heterocycles. The molecule has 1 atom stereocenters. The number of hydrogen-bond acceptors (Lipinski definition) is 3. The van der Waals surface area contributed by atoms with E-state index in [0.717, 1.165) is 5.56 Å². The Morgan fingerprint density at radius 1 is 1.47 bits per heavy atom. The Bertz CT molecular complexity index is 489. The number of amides is 3. The molecule has 4 N–H and O–H groups in total. The first-order valence-electron chi connectivity index (χ1n) is 6.22. The molecule has 6 nitrogen and oxygen atoms in total. The predicted octanol–water partition coefficient (Wildman–Crippen LogP) is 0.286. The molecule has 1 unspecified atom stereocenters. The summed E-state index contributed by atoms with van der Waals surface area (Å²) >= 11 is 0. The zero-order valence-corrected chi connectivity index (χ0v) is 10.8. The average molecular weight is 262 g/mol. The standard InChI is InChI=1S/C13H18N4O2/c1-9-3-2-4-10(7-9)16-13(19)17-6-5-15-8-11(17)12(14)18/h2-4,7,11,15H,5-6,8H2,1H3,(H2,14,18)(H,16,19). The molecule has 1 saturated heterocycles. The zero-order chi connectivity index (χ0) is 13.8. The molecule has 1 fully saturated rings. The third-order valence-electron chi connectivity index (χ3n) is 3.10. The fourth-order valence-corrected chi connectivity index (χ4v) is 2.12. The summed E-state index contributed by atoms with van der Waals surface area (Å²) in [5.74, 6) is -0.494. The number of nitrogens with two attached hydrogens (primary N) is 1. The van der Waals surface area contributed by atoms with Crippen molar-refractivity contribution in [2.24, 2.45) is 5.73 Å². The van der Waals surface area contributed by atoms with Crippen LogP contribution < -0.4 is 16.4 Å². The van der Waals surface area contributed by atoms with E-state index in [2.05, 4.69) is 10.6 Å². The van der Waals surface area contributed by atoms with Crippen molar-refractivity contribution in [2.45, 2.75) is 13.0 Å². The summed E-state index contributed by atoms with van der Waals surface area (Å²) in [6.07, 6.45) is 0. The zero-order valence-electron chi connectivity index (χ0n) is 10.8. The molecule has 0 radical (unpaired) electrons. The second-order valence-corrected chi connectivity index (χ2v) is 4.62. The number of aryl methyl sites for hydroxylation is 1. The van der Waals surface area contributed by atoms with Crippen molar-refractivity contribution < 1.29 is 9.59 Å². The SMILES string of the molecule is Cc1cccc(NC(=O)N2CCNCC2C(N)=O)c1. The first kappa shape index (κ1) is 13.4. The van der Waals surface area contributed by atoms with Crippen LogP contribution >= 0.6 is 0 Å². The number of benzene rings is 1. The van der Waals surface area contributed by atoms with Crippen LogP contribution in [0.25, 0.3) is 0 Å². The Kier molecular flexibility index (Phi) is 4.01. The highest BCUT2D eigenvalue weighted by Crippen LogP contribution is 2.12. The van der Waals surface area contributed by atoms with Gasteiger partial charge in [0, 0.05) is 25.3 Å². The largest absolute Gasteiger partial charge is 0.368 e. The maximum absolute atomic E-state index is 12.2. The number of anilines is 1. The molecule has 2 rings (SSSR count). The lowest BCUT2D eigenvalue weighted by Gasteiger charge is -2.34. The number of rotatable bonds is 2. The van der Waals surface area contributed by atoms with Gasteiger partial charge in [0.25, 0.3) is 0 Å². The van der Waals surface area contributed by atoms with Crippen molar-refractivity contribution >= 4 is 17.6 Å². The molecular formula is C13H18N4O2. The third-order valence-corrected chi connectivity index (χ3v) is 3.10. The van der Waals surface area contributed by atoms with Crippen LogP contribution in [0.4, 0.5) is 10.5 Å². The van der Waals surface area contributed by atoms with Crippen LogP contribution in [0.5, 0.6) is 0 Å². The smallest absolute Gasteiger partial charge is 0.322 e. The number of urea groups is 1. The van der Waals surface area contributed by atoms with E-state index in [-0.39, 0.29) is 6.03 Å². The Labute approximate surface area is 112 Å². The second kappa shape index (κ2) is 5.71. The average Bonchev–Trinajstić information content (AvgIpc) is 2.38. The summed E-state index contributed by atoms with van der Waals surface area (Å²) in [5.41, 5.74) is 7.09. The Morgan fingerprint density at radius 2 is 2.26 bits per heavy atom. The van der Waals surface area contributed by atoms with Crippen molar-refractivity contribution in [1.82, 2.24) is 10.2 Å². The molecule has 1 aromatic rings. The lowest BCUT2D eigenvalue weighted by molar-refractivity contribution is -0.122. The predicted molar refractivity (Wildman–Crippen MR) is 72.8 cm³/mol. The van der Waals surface area contributed by atoms with Gasteiger partial charge in [-0.25, -0.2) is 4.79 Å². The van der Waals surface area contributed by atoms with E-state index in [1.807, 2.05) is 31.2 Å². The van der Waals surface area contributed by atoms with E-state index in [9.17, 15) is 9.59 Å². The minimum atomic E-state index is -0.599. The van der Waals surface area contributed by atoms with E-state index in [4.69, 9.17) is 5.73 Å². The van der Waals surface area contributed by atoms with Gasteiger partial charge >= 0.3 is 6.03 Å². The van der Waals surface area contributed by atoms with Crippen LogP contribution in [-0.2, 0) is 4.79 Å². The van der Waals surface area contributed by atoms with E-state index >= 15 is 0 Å². The molecule has 0 bridgehead atoms. The quantitative estimate of drug-likeness (QED) is 0.715. The minimum absolute atomic E-state index is 0.295. The summed E-state index contributed by atoms with van der Waals surface area (Å²) in [5, 5.41) is 5.84. The molecule has 1 heterocycles. The number of carbonyl (C=O) groups excluding carboxylic acids is 2. The highest BCUT2D eigenvalue weighted by molar-refractivity contribution is 5.93. The fraction of sp³-hybridized carbons (Fsp3) is 0.385. The summed E-state index contributed by atoms with van der Waals surface area (Å²) in [6, 6.07) is 6.61. The maximum atomic E-state index is 12.2. The van der Waals surface area contributed by atoms with Gasteiger partial charge in [-0.1, -0.05) is 12.1 Å². The van der Waals surface area contributed by atoms with Gasteiger partial charge in [0.15, 0.2) is 0 Å². The van der Waals surface area contributed by atoms with E-state index < -0.39 is 11.9 Å². The maximum Gasteiger partial charge on any atom is 0.322 e. The Balaban J connectivity index is 2.07. The molecule has 0 aliphatic carbocycles. The molecule has 0 spiro atoms. The van der Waals surface area contributed by atoms with Crippen LogP contribution in [0.15, 0.2) is 24.3 Å². The molecule has 1 aliphatic rings. The minimum Gasteiger partial charge on any atom is -0.368 e. The van der Waals surface area contributed by atoms with Gasteiger partial charge < -0.3 is 21.3 Å². The van der Waals surface area contributed by atoms with E-state index in [0.29, 0.717) is 25.3 Å². The third kappa shape index (κ3) is 3.23. The van der Waals surface area contributed by atoms with Gasteiger partial charge in [0.1, 0.15) is 6.04 Å². The lowest BCUT2D eigenvalue weighted by Crippen LogP contribution is -2.59. The normalized spacial score (nSPS) is 19.0. The summed E-state index contributed by atoms with van der Waals surface area (Å²) < 4.78 is 0. The van der Waals surface area contributed by atoms with Crippen molar-refractivity contribution in [3.05, 3.63) is 29.8 Å². The summed E-state index contributed by atoms with van der Waals surface area (Å²) in [6.45, 7) is 3.47. The van der Waals surface area contributed by atoms with Gasteiger partial charge in [-0.3, -0.25) is 4.79 Å². The Hall–Kier alpha value is -2.08. The number of nitrogens with zero attached hydrogens (tertiary/aromatic N) is 1. The van der Waals surface area contributed by atoms with Gasteiger partial charge in [-0.05, 0) is 24.6 Å². The van der Waals surface area contributed by atoms with Crippen molar-refractivity contribution in [2.75, 3.05) is 25.0 Å². The number of nitrogens with one attached hydrogen (secondary N) is 2. The van der Waals surface area contributed by atoms with Crippen LogP contribution in [-0.4, -0.2) is 42.5 Å². The van der Waals surface area contributed by atoms with E-state index in [1.165, 1.54) is 4.90 Å². The van der Waals surface area contributed by atoms with Crippen LogP contribution in [0.2, 0.25) is 0 Å².